The van der Waals surface area contributed by atoms with Crippen LogP contribution in [0.5, 0.6) is 0 Å². The van der Waals surface area contributed by atoms with E-state index < -0.39 is 0 Å². The van der Waals surface area contributed by atoms with Crippen LogP contribution >= 0.6 is 23.2 Å². The fourth-order valence-corrected chi connectivity index (χ4v) is 3.27. The van der Waals surface area contributed by atoms with Crippen LogP contribution in [-0.4, -0.2) is 43.8 Å². The number of anilines is 1. The lowest BCUT2D eigenvalue weighted by molar-refractivity contribution is 0.0167. The zero-order valence-corrected chi connectivity index (χ0v) is 16.1. The molecule has 0 radical (unpaired) electrons. The van der Waals surface area contributed by atoms with Gasteiger partial charge < -0.3 is 15.4 Å². The Morgan fingerprint density at radius 2 is 1.81 bits per heavy atom. The van der Waals surface area contributed by atoms with Crippen molar-refractivity contribution in [2.24, 2.45) is 0 Å². The molecule has 8 heteroatoms. The standard InChI is InChI=1S/C19H20Cl2FN3O2/c20-16-6-5-15(11-17(16)21)24-19(26)23-12-18(25-7-9-27-10-8-25)13-1-3-14(22)4-2-13/h1-6,11,18H,7-10,12H2,(H2,23,24,26). The first-order chi connectivity index (χ1) is 13.0. The molecule has 0 spiro atoms. The Morgan fingerprint density at radius 3 is 2.48 bits per heavy atom. The molecule has 0 bridgehead atoms. The molecule has 1 heterocycles. The second kappa shape index (κ2) is 9.37. The Morgan fingerprint density at radius 1 is 1.11 bits per heavy atom. The highest BCUT2D eigenvalue weighted by Crippen LogP contribution is 2.25. The van der Waals surface area contributed by atoms with Gasteiger partial charge in [0.15, 0.2) is 0 Å². The van der Waals surface area contributed by atoms with E-state index in [1.165, 1.54) is 12.1 Å². The molecule has 5 nitrogen and oxygen atoms in total. The first kappa shape index (κ1) is 19.9. The molecule has 2 aromatic rings. The van der Waals surface area contributed by atoms with Crippen molar-refractivity contribution >= 4 is 34.9 Å². The minimum absolute atomic E-state index is 0.0749. The molecule has 2 aromatic carbocycles. The highest BCUT2D eigenvalue weighted by atomic mass is 35.5. The largest absolute Gasteiger partial charge is 0.379 e. The Kier molecular flexibility index (Phi) is 6.90. The maximum Gasteiger partial charge on any atom is 0.319 e. The highest BCUT2D eigenvalue weighted by molar-refractivity contribution is 6.42. The minimum atomic E-state index is -0.353. The van der Waals surface area contributed by atoms with E-state index in [9.17, 15) is 9.18 Å². The first-order valence-electron chi connectivity index (χ1n) is 8.60. The number of urea groups is 1. The summed E-state index contributed by atoms with van der Waals surface area (Å²) in [5.41, 5.74) is 1.49. The topological polar surface area (TPSA) is 53.6 Å². The SMILES string of the molecule is O=C(NCC(c1ccc(F)cc1)N1CCOCC1)Nc1ccc(Cl)c(Cl)c1. The molecule has 0 aromatic heterocycles. The second-order valence-electron chi connectivity index (χ2n) is 6.18. The molecule has 1 saturated heterocycles. The summed E-state index contributed by atoms with van der Waals surface area (Å²) >= 11 is 11.8. The first-order valence-corrected chi connectivity index (χ1v) is 9.35. The lowest BCUT2D eigenvalue weighted by Gasteiger charge is -2.35. The van der Waals surface area contributed by atoms with Crippen molar-refractivity contribution in [3.8, 4) is 0 Å². The number of carbonyl (C=O) groups excluding carboxylic acids is 1. The van der Waals surface area contributed by atoms with Gasteiger partial charge in [0.2, 0.25) is 0 Å². The van der Waals surface area contributed by atoms with Crippen LogP contribution in [0, 0.1) is 5.82 Å². The van der Waals surface area contributed by atoms with Crippen LogP contribution in [0.2, 0.25) is 10.0 Å². The van der Waals surface area contributed by atoms with Crippen LogP contribution in [0.15, 0.2) is 42.5 Å². The van der Waals surface area contributed by atoms with Crippen LogP contribution in [0.25, 0.3) is 0 Å². The summed E-state index contributed by atoms with van der Waals surface area (Å²) in [5.74, 6) is -0.287. The van der Waals surface area contributed by atoms with E-state index in [0.29, 0.717) is 35.5 Å². The predicted octanol–water partition coefficient (Wildman–Crippen LogP) is 4.33. The van der Waals surface area contributed by atoms with E-state index in [2.05, 4.69) is 15.5 Å². The van der Waals surface area contributed by atoms with Gasteiger partial charge in [0.25, 0.3) is 0 Å². The van der Waals surface area contributed by atoms with E-state index in [1.54, 1.807) is 30.3 Å². The summed E-state index contributed by atoms with van der Waals surface area (Å²) in [5, 5.41) is 6.40. The average molecular weight is 412 g/mol. The van der Waals surface area contributed by atoms with Gasteiger partial charge in [-0.05, 0) is 35.9 Å². The zero-order chi connectivity index (χ0) is 19.2. The molecule has 3 rings (SSSR count). The number of amides is 2. The van der Waals surface area contributed by atoms with Gasteiger partial charge in [-0.15, -0.1) is 0 Å². The summed E-state index contributed by atoms with van der Waals surface area (Å²) in [4.78, 5) is 14.5. The van der Waals surface area contributed by atoms with Crippen molar-refractivity contribution in [2.75, 3.05) is 38.2 Å². The van der Waals surface area contributed by atoms with Gasteiger partial charge in [0.05, 0.1) is 29.3 Å². The summed E-state index contributed by atoms with van der Waals surface area (Å²) in [7, 11) is 0. The van der Waals surface area contributed by atoms with Crippen LogP contribution in [0.1, 0.15) is 11.6 Å². The number of rotatable bonds is 5. The van der Waals surface area contributed by atoms with Gasteiger partial charge in [0.1, 0.15) is 5.82 Å². The molecule has 0 saturated carbocycles. The molecule has 2 amide bonds. The molecule has 2 N–H and O–H groups in total. The lowest BCUT2D eigenvalue weighted by atomic mass is 10.0. The van der Waals surface area contributed by atoms with E-state index in [-0.39, 0.29) is 17.9 Å². The third-order valence-corrected chi connectivity index (χ3v) is 5.11. The maximum absolute atomic E-state index is 13.3. The van der Waals surface area contributed by atoms with Gasteiger partial charge in [-0.3, -0.25) is 4.90 Å². The van der Waals surface area contributed by atoms with Gasteiger partial charge in [0, 0.05) is 25.3 Å². The van der Waals surface area contributed by atoms with Gasteiger partial charge >= 0.3 is 6.03 Å². The fraction of sp³-hybridized carbons (Fsp3) is 0.316. The Balaban J connectivity index is 1.65. The molecule has 144 valence electrons. The average Bonchev–Trinajstić information content (AvgIpc) is 2.67. The number of morpholine rings is 1. The quantitative estimate of drug-likeness (QED) is 0.769. The van der Waals surface area contributed by atoms with E-state index in [1.807, 2.05) is 0 Å². The van der Waals surface area contributed by atoms with E-state index >= 15 is 0 Å². The van der Waals surface area contributed by atoms with Crippen molar-refractivity contribution in [1.82, 2.24) is 10.2 Å². The fourth-order valence-electron chi connectivity index (χ4n) is 2.97. The van der Waals surface area contributed by atoms with Crippen LogP contribution in [0.4, 0.5) is 14.9 Å². The van der Waals surface area contributed by atoms with Crippen molar-refractivity contribution in [2.45, 2.75) is 6.04 Å². The van der Waals surface area contributed by atoms with Crippen molar-refractivity contribution < 1.29 is 13.9 Å². The number of halogens is 3. The Bertz CT molecular complexity index is 783. The summed E-state index contributed by atoms with van der Waals surface area (Å²) in [6.45, 7) is 3.13. The second-order valence-corrected chi connectivity index (χ2v) is 6.99. The van der Waals surface area contributed by atoms with Crippen molar-refractivity contribution in [1.29, 1.82) is 0 Å². The third-order valence-electron chi connectivity index (χ3n) is 4.37. The van der Waals surface area contributed by atoms with Crippen molar-refractivity contribution in [3.05, 3.63) is 63.9 Å². The zero-order valence-electron chi connectivity index (χ0n) is 14.6. The molecular formula is C19H20Cl2FN3O2. The summed E-state index contributed by atoms with van der Waals surface area (Å²) in [6.07, 6.45) is 0. The Hall–Kier alpha value is -1.86. The molecule has 1 aliphatic rings. The van der Waals surface area contributed by atoms with E-state index in [0.717, 1.165) is 18.7 Å². The van der Waals surface area contributed by atoms with Crippen LogP contribution in [0.3, 0.4) is 0 Å². The summed E-state index contributed by atoms with van der Waals surface area (Å²) < 4.78 is 18.7. The number of benzene rings is 2. The number of hydrogen-bond donors (Lipinski definition) is 2. The Labute approximate surface area is 167 Å². The van der Waals surface area contributed by atoms with Gasteiger partial charge in [-0.2, -0.15) is 0 Å². The molecule has 1 fully saturated rings. The smallest absolute Gasteiger partial charge is 0.319 e. The molecule has 1 unspecified atom stereocenters. The van der Waals surface area contributed by atoms with Gasteiger partial charge in [-0.25, -0.2) is 9.18 Å². The number of nitrogens with one attached hydrogen (secondary N) is 2. The number of ether oxygens (including phenoxy) is 1. The number of nitrogens with zero attached hydrogens (tertiary/aromatic N) is 1. The summed E-state index contributed by atoms with van der Waals surface area (Å²) in [6, 6.07) is 10.8. The van der Waals surface area contributed by atoms with Crippen molar-refractivity contribution in [3.63, 3.8) is 0 Å². The molecule has 27 heavy (non-hydrogen) atoms. The highest BCUT2D eigenvalue weighted by Gasteiger charge is 2.23. The normalized spacial score (nSPS) is 16.0. The number of carbonyl (C=O) groups is 1. The molecule has 1 aliphatic heterocycles. The monoisotopic (exact) mass is 411 g/mol. The minimum Gasteiger partial charge on any atom is -0.379 e. The van der Waals surface area contributed by atoms with Crippen LogP contribution < -0.4 is 10.6 Å². The molecule has 1 atom stereocenters. The lowest BCUT2D eigenvalue weighted by Crippen LogP contribution is -2.44. The number of hydrogen-bond acceptors (Lipinski definition) is 3. The van der Waals surface area contributed by atoms with Crippen LogP contribution in [-0.2, 0) is 4.74 Å². The molecular weight excluding hydrogens is 392 g/mol. The van der Waals surface area contributed by atoms with E-state index in [4.69, 9.17) is 27.9 Å². The maximum atomic E-state index is 13.3. The van der Waals surface area contributed by atoms with Gasteiger partial charge in [-0.1, -0.05) is 35.3 Å². The molecule has 0 aliphatic carbocycles. The predicted molar refractivity (Wildman–Crippen MR) is 105 cm³/mol. The third kappa shape index (κ3) is 5.56.